The molecule has 0 atom stereocenters. The Balaban J connectivity index is 2.29. The lowest BCUT2D eigenvalue weighted by Crippen LogP contribution is -2.45. The number of anilines is 2. The van der Waals surface area contributed by atoms with Gasteiger partial charge in [0.2, 0.25) is 0 Å². The second kappa shape index (κ2) is 5.41. The fourth-order valence-electron chi connectivity index (χ4n) is 2.48. The van der Waals surface area contributed by atoms with Crippen LogP contribution in [0.3, 0.4) is 0 Å². The van der Waals surface area contributed by atoms with Gasteiger partial charge in [-0.05, 0) is 25.1 Å². The summed E-state index contributed by atoms with van der Waals surface area (Å²) in [5, 5.41) is 3.32. The van der Waals surface area contributed by atoms with Crippen LogP contribution in [0.4, 0.5) is 11.4 Å². The Hall–Kier alpha value is -1.22. The molecule has 3 heteroatoms. The minimum Gasteiger partial charge on any atom is -0.386 e. The molecule has 1 aliphatic rings. The van der Waals surface area contributed by atoms with E-state index in [-0.39, 0.29) is 0 Å². The van der Waals surface area contributed by atoms with Crippen LogP contribution in [0.25, 0.3) is 0 Å². The summed E-state index contributed by atoms with van der Waals surface area (Å²) < 4.78 is 0. The molecule has 3 nitrogen and oxygen atoms in total. The highest BCUT2D eigenvalue weighted by Gasteiger charge is 2.18. The van der Waals surface area contributed by atoms with E-state index in [0.29, 0.717) is 0 Å². The van der Waals surface area contributed by atoms with Crippen LogP contribution in [0.15, 0.2) is 18.2 Å². The molecule has 1 aliphatic heterocycles. The van der Waals surface area contributed by atoms with Crippen LogP contribution >= 0.6 is 0 Å². The van der Waals surface area contributed by atoms with Crippen LogP contribution in [0.1, 0.15) is 12.5 Å². The summed E-state index contributed by atoms with van der Waals surface area (Å²) in [5.41, 5.74) is 4.11. The van der Waals surface area contributed by atoms with Crippen molar-refractivity contribution in [3.63, 3.8) is 0 Å². The van der Waals surface area contributed by atoms with Crippen LogP contribution < -0.4 is 10.2 Å². The highest BCUT2D eigenvalue weighted by Crippen LogP contribution is 2.31. The zero-order chi connectivity index (χ0) is 12.3. The molecule has 1 N–H and O–H groups in total. The first-order chi connectivity index (χ1) is 8.26. The number of nitrogens with one attached hydrogen (secondary N) is 1. The molecule has 0 aromatic heterocycles. The van der Waals surface area contributed by atoms with Crippen molar-refractivity contribution in [2.45, 2.75) is 13.3 Å². The van der Waals surface area contributed by atoms with Gasteiger partial charge in [0.15, 0.2) is 0 Å². The van der Waals surface area contributed by atoms with Crippen molar-refractivity contribution >= 4 is 11.4 Å². The fourth-order valence-corrected chi connectivity index (χ4v) is 2.48. The van der Waals surface area contributed by atoms with E-state index in [4.69, 9.17) is 0 Å². The first-order valence-electron chi connectivity index (χ1n) is 6.49. The smallest absolute Gasteiger partial charge is 0.0635 e. The Morgan fingerprint density at radius 2 is 1.88 bits per heavy atom. The minimum atomic E-state index is 1.09. The maximum Gasteiger partial charge on any atom is 0.0635 e. The summed E-state index contributed by atoms with van der Waals surface area (Å²) in [5.74, 6) is 0. The second-order valence-corrected chi connectivity index (χ2v) is 4.71. The minimum absolute atomic E-state index is 1.09. The molecule has 0 radical (unpaired) electrons. The van der Waals surface area contributed by atoms with Crippen LogP contribution in [-0.2, 0) is 6.42 Å². The molecule has 17 heavy (non-hydrogen) atoms. The molecule has 0 saturated carbocycles. The number of hydrogen-bond acceptors (Lipinski definition) is 3. The van der Waals surface area contributed by atoms with Gasteiger partial charge < -0.3 is 15.1 Å². The highest BCUT2D eigenvalue weighted by molar-refractivity contribution is 5.74. The van der Waals surface area contributed by atoms with E-state index < -0.39 is 0 Å². The third-order valence-electron chi connectivity index (χ3n) is 3.59. The largest absolute Gasteiger partial charge is 0.386 e. The number of benzene rings is 1. The number of nitrogens with zero attached hydrogens (tertiary/aromatic N) is 2. The fraction of sp³-hybridized carbons (Fsp3) is 0.571. The van der Waals surface area contributed by atoms with E-state index in [2.05, 4.69) is 47.3 Å². The van der Waals surface area contributed by atoms with Gasteiger partial charge in [-0.2, -0.15) is 0 Å². The Morgan fingerprint density at radius 1 is 1.18 bits per heavy atom. The molecule has 1 heterocycles. The number of hydrogen-bond donors (Lipinski definition) is 1. The molecule has 1 aromatic rings. The van der Waals surface area contributed by atoms with Crippen molar-refractivity contribution in [2.24, 2.45) is 0 Å². The highest BCUT2D eigenvalue weighted by atomic mass is 15.3. The Bertz CT molecular complexity index is 345. The zero-order valence-corrected chi connectivity index (χ0v) is 11.2. The summed E-state index contributed by atoms with van der Waals surface area (Å²) in [6.07, 6.45) is 1.09. The monoisotopic (exact) mass is 233 g/mol. The van der Waals surface area contributed by atoms with E-state index in [9.17, 15) is 0 Å². The van der Waals surface area contributed by atoms with Gasteiger partial charge in [-0.3, -0.25) is 0 Å². The molecule has 94 valence electrons. The average molecular weight is 233 g/mol. The molecular formula is C14H23N3. The van der Waals surface area contributed by atoms with E-state index in [1.165, 1.54) is 16.9 Å². The first kappa shape index (κ1) is 12.2. The molecule has 2 rings (SSSR count). The standard InChI is InChI=1S/C14H23N3/c1-4-12-6-5-7-13(15-2)14(12)17-10-8-16(3)9-11-17/h5-7,15H,4,8-11H2,1-3H3. The van der Waals surface area contributed by atoms with Crippen molar-refractivity contribution in [2.75, 3.05) is 50.5 Å². The van der Waals surface area contributed by atoms with Crippen molar-refractivity contribution in [3.05, 3.63) is 23.8 Å². The maximum absolute atomic E-state index is 3.32. The number of piperazine rings is 1. The predicted octanol–water partition coefficient (Wildman–Crippen LogP) is 2.04. The van der Waals surface area contributed by atoms with Crippen molar-refractivity contribution in [3.8, 4) is 0 Å². The van der Waals surface area contributed by atoms with E-state index in [1.54, 1.807) is 0 Å². The predicted molar refractivity (Wildman–Crippen MR) is 75.1 cm³/mol. The van der Waals surface area contributed by atoms with Crippen LogP contribution in [0, 0.1) is 0 Å². The normalized spacial score (nSPS) is 17.2. The van der Waals surface area contributed by atoms with Gasteiger partial charge in [0.05, 0.1) is 11.4 Å². The van der Waals surface area contributed by atoms with Crippen LogP contribution in [-0.4, -0.2) is 45.2 Å². The lowest BCUT2D eigenvalue weighted by atomic mass is 10.1. The number of rotatable bonds is 3. The molecule has 1 fully saturated rings. The molecule has 1 saturated heterocycles. The average Bonchev–Trinajstić information content (AvgIpc) is 2.38. The third-order valence-corrected chi connectivity index (χ3v) is 3.59. The van der Waals surface area contributed by atoms with Crippen LogP contribution in [0.2, 0.25) is 0 Å². The van der Waals surface area contributed by atoms with Crippen molar-refractivity contribution in [1.82, 2.24) is 4.90 Å². The van der Waals surface area contributed by atoms with Gasteiger partial charge >= 0.3 is 0 Å². The topological polar surface area (TPSA) is 18.5 Å². The molecule has 0 bridgehead atoms. The van der Waals surface area contributed by atoms with Gasteiger partial charge in [0, 0.05) is 33.2 Å². The molecule has 0 amide bonds. The quantitative estimate of drug-likeness (QED) is 0.862. The molecule has 0 unspecified atom stereocenters. The Kier molecular flexibility index (Phi) is 3.89. The Morgan fingerprint density at radius 3 is 2.47 bits per heavy atom. The van der Waals surface area contributed by atoms with Gasteiger partial charge in [-0.25, -0.2) is 0 Å². The summed E-state index contributed by atoms with van der Waals surface area (Å²) in [6.45, 7) is 6.79. The van der Waals surface area contributed by atoms with E-state index >= 15 is 0 Å². The molecule has 0 spiro atoms. The second-order valence-electron chi connectivity index (χ2n) is 4.71. The number of likely N-dealkylation sites (N-methyl/N-ethyl adjacent to an activating group) is 1. The summed E-state index contributed by atoms with van der Waals surface area (Å²) in [7, 11) is 4.20. The summed E-state index contributed by atoms with van der Waals surface area (Å²) in [6, 6.07) is 6.56. The van der Waals surface area contributed by atoms with Crippen molar-refractivity contribution < 1.29 is 0 Å². The van der Waals surface area contributed by atoms with Crippen molar-refractivity contribution in [1.29, 1.82) is 0 Å². The molecular weight excluding hydrogens is 210 g/mol. The lowest BCUT2D eigenvalue weighted by molar-refractivity contribution is 0.313. The van der Waals surface area contributed by atoms with Gasteiger partial charge in [0.25, 0.3) is 0 Å². The third kappa shape index (κ3) is 2.55. The maximum atomic E-state index is 3.32. The van der Waals surface area contributed by atoms with E-state index in [1.807, 2.05) is 7.05 Å². The van der Waals surface area contributed by atoms with Gasteiger partial charge in [-0.15, -0.1) is 0 Å². The summed E-state index contributed by atoms with van der Waals surface area (Å²) >= 11 is 0. The molecule has 0 aliphatic carbocycles. The SMILES string of the molecule is CCc1cccc(NC)c1N1CCN(C)CC1. The zero-order valence-electron chi connectivity index (χ0n) is 11.2. The molecule has 1 aromatic carbocycles. The number of para-hydroxylation sites is 1. The van der Waals surface area contributed by atoms with E-state index in [0.717, 1.165) is 32.6 Å². The number of aryl methyl sites for hydroxylation is 1. The Labute approximate surface area is 104 Å². The lowest BCUT2D eigenvalue weighted by Gasteiger charge is -2.36. The van der Waals surface area contributed by atoms with Crippen LogP contribution in [0.5, 0.6) is 0 Å². The first-order valence-corrected chi connectivity index (χ1v) is 6.49. The van der Waals surface area contributed by atoms with Gasteiger partial charge in [-0.1, -0.05) is 19.1 Å². The summed E-state index contributed by atoms with van der Waals surface area (Å²) in [4.78, 5) is 4.91. The van der Waals surface area contributed by atoms with Gasteiger partial charge in [0.1, 0.15) is 0 Å².